The first-order valence-electron chi connectivity index (χ1n) is 16.5. The van der Waals surface area contributed by atoms with Crippen LogP contribution in [-0.2, 0) is 50.7 Å². The molecule has 32 heteroatoms. The molecule has 320 valence electrons. The number of phosphoric acid groups is 3. The summed E-state index contributed by atoms with van der Waals surface area (Å²) < 4.78 is 60.8. The Bertz CT molecular complexity index is 1800. The molecule has 1 aliphatic heterocycles. The van der Waals surface area contributed by atoms with Gasteiger partial charge >= 0.3 is 56.6 Å². The van der Waals surface area contributed by atoms with E-state index in [1.54, 1.807) is 0 Å². The number of ether oxygens (including phenoxy) is 1. The van der Waals surface area contributed by atoms with Gasteiger partial charge in [0, 0.05) is 37.1 Å². The van der Waals surface area contributed by atoms with Crippen LogP contribution in [-0.4, -0.2) is 114 Å². The number of imidazole rings is 1. The van der Waals surface area contributed by atoms with Gasteiger partial charge in [-0.1, -0.05) is 45.4 Å². The van der Waals surface area contributed by atoms with E-state index in [1.165, 1.54) is 13.8 Å². The smallest absolute Gasteiger partial charge is 0.756 e. The molecule has 2 amide bonds. The molecule has 3 heterocycles. The Morgan fingerprint density at radius 3 is 2.31 bits per heavy atom. The molecule has 1 saturated heterocycles. The van der Waals surface area contributed by atoms with Crippen LogP contribution in [0.5, 0.6) is 0 Å². The first-order chi connectivity index (χ1) is 25.6. The van der Waals surface area contributed by atoms with Crippen molar-refractivity contribution in [3.63, 3.8) is 0 Å². The molecule has 0 radical (unpaired) electrons. The minimum absolute atomic E-state index is 0. The predicted molar refractivity (Wildman–Crippen MR) is 188 cm³/mol. The maximum Gasteiger partial charge on any atom is 1.00 e. The molecule has 0 spiro atoms. The number of aliphatic hydroxyl groups is 2. The molecule has 3 rings (SSSR count). The number of nitrogens with two attached hydrogens (primary N) is 1. The van der Waals surface area contributed by atoms with Gasteiger partial charge in [0.25, 0.3) is 23.5 Å². The Kier molecular flexibility index (Phi) is 27.5. The second-order valence-corrected chi connectivity index (χ2v) is 17.9. The summed E-state index contributed by atoms with van der Waals surface area (Å²) in [7, 11) is -17.3. The number of fused-ring (bicyclic) bond motifs is 1. The third-order valence-electron chi connectivity index (χ3n) is 7.73. The van der Waals surface area contributed by atoms with Gasteiger partial charge < -0.3 is 69.9 Å². The zero-order valence-electron chi connectivity index (χ0n) is 33.3. The number of hydrogen-bond acceptors (Lipinski definition) is 21. The van der Waals surface area contributed by atoms with Crippen molar-refractivity contribution in [1.29, 1.82) is 0 Å². The van der Waals surface area contributed by atoms with E-state index >= 15 is 0 Å². The van der Waals surface area contributed by atoms with Crippen LogP contribution in [0.4, 0.5) is 5.82 Å². The average Bonchev–Trinajstić information content (AvgIpc) is 3.64. The summed E-state index contributed by atoms with van der Waals surface area (Å²) in [6.07, 6.45) is -4.13. The maximum absolute atomic E-state index is 12.5. The van der Waals surface area contributed by atoms with Crippen LogP contribution in [0.15, 0.2) is 12.7 Å². The number of thioether (sulfide) groups is 1. The fourth-order valence-electron chi connectivity index (χ4n) is 4.87. The number of unbranched alkanes of at least 4 members (excludes halogenated alkanes) is 2. The van der Waals surface area contributed by atoms with Crippen molar-refractivity contribution in [2.75, 3.05) is 37.8 Å². The van der Waals surface area contributed by atoms with Crippen molar-refractivity contribution < 1.29 is 143 Å². The first-order valence-corrected chi connectivity index (χ1v) is 22.0. The molecule has 3 unspecified atom stereocenters. The van der Waals surface area contributed by atoms with E-state index in [2.05, 4.69) is 43.5 Å². The first kappa shape index (κ1) is 60.4. The van der Waals surface area contributed by atoms with Crippen molar-refractivity contribution in [2.45, 2.75) is 83.5 Å². The summed E-state index contributed by atoms with van der Waals surface area (Å²) in [5.74, 6) is -1.13. The fraction of sp³-hybridized carbons (Fsp3) is 0.704. The second kappa shape index (κ2) is 26.8. The standard InChI is InChI=1S/C27H46N7O17P3S.3Li.H2O/c1-4-5-6-7-18(36)55-11-10-29-17(35)8-9-30-25(39)22(38)27(2,3)13-48-54(45,46)51-53(43,44)47-12-16-21(50-52(40,41)42)20(37)26(49-16)34-15-33-19-23(28)31-14-32-24(19)34;;;;/h14-16,20-22,26,37-38H,4-13H2,1-3H3,(H,29,35)(H,30,39)(H,43,44)(H,45,46)(H2,28,31,32)(H2,40,41,42);;;;1H2/q;3*+1;/p-3/t16-,20-,21-,22+,26-;;;;/m1..../s1. The summed E-state index contributed by atoms with van der Waals surface area (Å²) >= 11 is 1.11. The van der Waals surface area contributed by atoms with Crippen LogP contribution in [0.1, 0.15) is 59.1 Å². The van der Waals surface area contributed by atoms with Crippen molar-refractivity contribution in [2.24, 2.45) is 5.41 Å². The second-order valence-electron chi connectivity index (χ2n) is 12.7. The van der Waals surface area contributed by atoms with E-state index < -0.39 is 84.6 Å². The van der Waals surface area contributed by atoms with E-state index in [-0.39, 0.29) is 104 Å². The normalized spacial score (nSPS) is 21.2. The van der Waals surface area contributed by atoms with E-state index in [1.807, 2.05) is 6.92 Å². The maximum atomic E-state index is 12.5. The molecule has 2 aromatic rings. The number of phosphoric ester groups is 3. The van der Waals surface area contributed by atoms with Gasteiger partial charge in [-0.2, -0.15) is 0 Å². The Morgan fingerprint density at radius 1 is 1.03 bits per heavy atom. The summed E-state index contributed by atoms with van der Waals surface area (Å²) in [6, 6.07) is 0. The number of nitrogens with zero attached hydrogens (tertiary/aromatic N) is 4. The molecule has 0 bridgehead atoms. The van der Waals surface area contributed by atoms with E-state index in [0.717, 1.165) is 48.2 Å². The van der Waals surface area contributed by atoms with Gasteiger partial charge in [-0.3, -0.25) is 32.6 Å². The minimum atomic E-state index is -5.89. The molecule has 1 aliphatic rings. The van der Waals surface area contributed by atoms with Gasteiger partial charge in [-0.05, 0) is 6.42 Å². The van der Waals surface area contributed by atoms with Crippen LogP contribution in [0, 0.1) is 5.41 Å². The molecule has 2 aromatic heterocycles. The molecule has 1 fully saturated rings. The minimum Gasteiger partial charge on any atom is -0.756 e. The largest absolute Gasteiger partial charge is 1.00 e. The zero-order valence-corrected chi connectivity index (χ0v) is 36.8. The number of hydrogen-bond donors (Lipinski definition) is 6. The molecular weight excluding hydrogens is 856 g/mol. The Balaban J connectivity index is 0. The number of carbonyl (C=O) groups excluding carboxylic acids is 3. The Labute approximate surface area is 379 Å². The molecule has 59 heavy (non-hydrogen) atoms. The van der Waals surface area contributed by atoms with E-state index in [9.17, 15) is 57.9 Å². The summed E-state index contributed by atoms with van der Waals surface area (Å²) in [4.78, 5) is 93.7. The van der Waals surface area contributed by atoms with Crippen LogP contribution in [0.25, 0.3) is 11.2 Å². The van der Waals surface area contributed by atoms with Gasteiger partial charge in [0.1, 0.15) is 36.3 Å². The number of nitrogen functional groups attached to an aromatic ring is 1. The zero-order chi connectivity index (χ0) is 41.2. The molecule has 9 N–H and O–H groups in total. The van der Waals surface area contributed by atoms with Gasteiger partial charge in [-0.15, -0.1) is 0 Å². The van der Waals surface area contributed by atoms with E-state index in [0.29, 0.717) is 12.2 Å². The van der Waals surface area contributed by atoms with Crippen LogP contribution >= 0.6 is 35.2 Å². The van der Waals surface area contributed by atoms with Crippen LogP contribution in [0.2, 0.25) is 0 Å². The number of aromatic nitrogens is 4. The van der Waals surface area contributed by atoms with Crippen molar-refractivity contribution in [3.8, 4) is 0 Å². The van der Waals surface area contributed by atoms with Crippen molar-refractivity contribution in [3.05, 3.63) is 12.7 Å². The monoisotopic (exact) mass is 901 g/mol. The van der Waals surface area contributed by atoms with Gasteiger partial charge in [0.2, 0.25) is 11.8 Å². The van der Waals surface area contributed by atoms with Crippen LogP contribution in [0.3, 0.4) is 0 Å². The number of anilines is 1. The SMILES string of the molecule is CCCCCC(=O)SCCNC(=O)CCNC(=O)[C@H](O)C(C)(C)COP(=O)([O-])OP(=O)([O-])OC[C@H]1O[C@@H](n2cnc3c(N)ncnc32)[C@H](O)[C@@H]1OP(=O)([O-])O.O.[Li+].[Li+].[Li+]. The summed E-state index contributed by atoms with van der Waals surface area (Å²) in [6.45, 7) is 2.23. The average molecular weight is 902 g/mol. The van der Waals surface area contributed by atoms with Crippen molar-refractivity contribution in [1.82, 2.24) is 30.2 Å². The third kappa shape index (κ3) is 19.7. The Hall–Kier alpha value is -0.688. The summed E-state index contributed by atoms with van der Waals surface area (Å²) in [5, 5.41) is 26.3. The van der Waals surface area contributed by atoms with E-state index in [4.69, 9.17) is 10.5 Å². The number of amides is 2. The molecule has 8 atom stereocenters. The molecule has 0 aliphatic carbocycles. The number of nitrogens with one attached hydrogen (secondary N) is 2. The predicted octanol–water partition coefficient (Wildman–Crippen LogP) is -11.5. The topological polar surface area (TPSA) is 404 Å². The molecule has 0 saturated carbocycles. The Morgan fingerprint density at radius 2 is 1.68 bits per heavy atom. The molecular formula is C27H45Li3N7O18P3S. The van der Waals surface area contributed by atoms with Gasteiger partial charge in [0.15, 0.2) is 22.8 Å². The van der Waals surface area contributed by atoms with Crippen molar-refractivity contribution >= 4 is 69.1 Å². The molecule has 25 nitrogen and oxygen atoms in total. The quantitative estimate of drug-likeness (QED) is 0.0342. The third-order valence-corrected chi connectivity index (χ3v) is 11.7. The molecule has 0 aromatic carbocycles. The van der Waals surface area contributed by atoms with Gasteiger partial charge in [0.05, 0.1) is 19.5 Å². The van der Waals surface area contributed by atoms with Gasteiger partial charge in [-0.25, -0.2) is 19.3 Å². The summed E-state index contributed by atoms with van der Waals surface area (Å²) in [5.41, 5.74) is 4.12. The fourth-order valence-corrected chi connectivity index (χ4v) is 8.33. The number of rotatable bonds is 23. The van der Waals surface area contributed by atoms with Crippen LogP contribution < -0.4 is 87.6 Å². The number of carbonyl (C=O) groups is 3. The number of aliphatic hydroxyl groups excluding tert-OH is 2.